The van der Waals surface area contributed by atoms with Gasteiger partial charge in [0.1, 0.15) is 0 Å². The third-order valence-corrected chi connectivity index (χ3v) is 7.36. The number of rotatable bonds is 5. The van der Waals surface area contributed by atoms with Crippen molar-refractivity contribution in [1.29, 1.82) is 0 Å². The van der Waals surface area contributed by atoms with Crippen molar-refractivity contribution in [3.8, 4) is 22.3 Å². The third kappa shape index (κ3) is 2.92. The van der Waals surface area contributed by atoms with Crippen molar-refractivity contribution in [2.24, 2.45) is 0 Å². The number of ketones is 1. The minimum atomic E-state index is -0.0872. The van der Waals surface area contributed by atoms with E-state index in [-0.39, 0.29) is 11.2 Å². The lowest BCUT2D eigenvalue weighted by Gasteiger charge is -2.32. The zero-order chi connectivity index (χ0) is 20.8. The Morgan fingerprint density at radius 1 is 0.931 bits per heavy atom. The van der Waals surface area contributed by atoms with Crippen molar-refractivity contribution in [2.45, 2.75) is 52.4 Å². The Morgan fingerprint density at radius 2 is 1.62 bits per heavy atom. The molecule has 0 aliphatic heterocycles. The lowest BCUT2D eigenvalue weighted by molar-refractivity contribution is 0.0987. The van der Waals surface area contributed by atoms with E-state index in [9.17, 15) is 4.79 Å². The molecule has 1 aliphatic carbocycles. The molecular weight excluding hydrogens is 420 g/mol. The van der Waals surface area contributed by atoms with Crippen LogP contribution in [0.15, 0.2) is 59.1 Å². The molecule has 3 aromatic carbocycles. The van der Waals surface area contributed by atoms with Crippen molar-refractivity contribution in [1.82, 2.24) is 0 Å². The van der Waals surface area contributed by atoms with E-state index in [2.05, 4.69) is 91.3 Å². The molecule has 148 valence electrons. The van der Waals surface area contributed by atoms with Crippen LogP contribution in [-0.4, -0.2) is 5.78 Å². The number of hydrogen-bond acceptors (Lipinski definition) is 1. The molecule has 0 saturated heterocycles. The first-order valence-electron chi connectivity index (χ1n) is 10.6. The summed E-state index contributed by atoms with van der Waals surface area (Å²) in [6, 6.07) is 19.5. The summed E-state index contributed by atoms with van der Waals surface area (Å²) in [5, 5.41) is 0. The van der Waals surface area contributed by atoms with Crippen LogP contribution in [0.2, 0.25) is 0 Å². The second-order valence-corrected chi connectivity index (χ2v) is 8.84. The van der Waals surface area contributed by atoms with Crippen molar-refractivity contribution in [2.75, 3.05) is 0 Å². The first kappa shape index (κ1) is 20.1. The topological polar surface area (TPSA) is 17.1 Å². The number of aryl methyl sites for hydroxylation is 1. The maximum Gasteiger partial charge on any atom is 0.162 e. The summed E-state index contributed by atoms with van der Waals surface area (Å²) in [7, 11) is 0. The number of fused-ring (bicyclic) bond motifs is 3. The lowest BCUT2D eigenvalue weighted by atomic mass is 9.71. The highest BCUT2D eigenvalue weighted by Gasteiger charge is 2.43. The van der Waals surface area contributed by atoms with E-state index in [1.165, 1.54) is 33.4 Å². The van der Waals surface area contributed by atoms with Gasteiger partial charge in [-0.2, -0.15) is 0 Å². The molecule has 0 bridgehead atoms. The molecule has 0 heterocycles. The Morgan fingerprint density at radius 3 is 2.24 bits per heavy atom. The Balaban J connectivity index is 2.10. The highest BCUT2D eigenvalue weighted by molar-refractivity contribution is 9.10. The predicted octanol–water partition coefficient (Wildman–Crippen LogP) is 8.10. The van der Waals surface area contributed by atoms with Gasteiger partial charge >= 0.3 is 0 Å². The highest BCUT2D eigenvalue weighted by Crippen LogP contribution is 2.57. The van der Waals surface area contributed by atoms with Crippen LogP contribution in [0.4, 0.5) is 0 Å². The number of Topliss-reactive ketones (excluding diaryl/α,β-unsaturated/α-hetero) is 1. The highest BCUT2D eigenvalue weighted by atomic mass is 79.9. The van der Waals surface area contributed by atoms with E-state index < -0.39 is 0 Å². The molecule has 0 fully saturated rings. The van der Waals surface area contributed by atoms with Gasteiger partial charge in [-0.1, -0.05) is 79.2 Å². The Bertz CT molecular complexity index is 1090. The van der Waals surface area contributed by atoms with Gasteiger partial charge in [-0.3, -0.25) is 4.79 Å². The van der Waals surface area contributed by atoms with Gasteiger partial charge in [0.05, 0.1) is 0 Å². The monoisotopic (exact) mass is 446 g/mol. The summed E-state index contributed by atoms with van der Waals surface area (Å²) >= 11 is 3.85. The van der Waals surface area contributed by atoms with E-state index in [1.54, 1.807) is 0 Å². The zero-order valence-electron chi connectivity index (χ0n) is 17.6. The average molecular weight is 447 g/mol. The predicted molar refractivity (Wildman–Crippen MR) is 126 cm³/mol. The van der Waals surface area contributed by atoms with Gasteiger partial charge in [-0.15, -0.1) is 0 Å². The van der Waals surface area contributed by atoms with Gasteiger partial charge in [0, 0.05) is 27.4 Å². The maximum atomic E-state index is 12.6. The van der Waals surface area contributed by atoms with Crippen LogP contribution in [0.25, 0.3) is 22.3 Å². The first-order chi connectivity index (χ1) is 14.0. The summed E-state index contributed by atoms with van der Waals surface area (Å²) in [5.74, 6) is 0.229. The molecule has 0 amide bonds. The molecule has 0 radical (unpaired) electrons. The minimum absolute atomic E-state index is 0.0872. The first-order valence-corrected chi connectivity index (χ1v) is 11.3. The minimum Gasteiger partial charge on any atom is -0.294 e. The molecule has 4 rings (SSSR count). The fraction of sp³-hybridized carbons (Fsp3) is 0.296. The fourth-order valence-corrected chi connectivity index (χ4v) is 5.68. The number of hydrogen-bond donors (Lipinski definition) is 0. The van der Waals surface area contributed by atoms with Gasteiger partial charge in [-0.05, 0) is 65.3 Å². The normalized spacial score (nSPS) is 13.8. The van der Waals surface area contributed by atoms with Crippen molar-refractivity contribution < 1.29 is 4.79 Å². The Kier molecular flexibility index (Phi) is 5.25. The summed E-state index contributed by atoms with van der Waals surface area (Å²) < 4.78 is 1.13. The van der Waals surface area contributed by atoms with Crippen LogP contribution in [-0.2, 0) is 5.41 Å². The molecule has 1 aliphatic rings. The molecule has 3 aromatic rings. The largest absolute Gasteiger partial charge is 0.294 e. The molecule has 29 heavy (non-hydrogen) atoms. The van der Waals surface area contributed by atoms with Gasteiger partial charge < -0.3 is 0 Å². The van der Waals surface area contributed by atoms with E-state index in [0.29, 0.717) is 6.42 Å². The van der Waals surface area contributed by atoms with Crippen molar-refractivity contribution in [3.63, 3.8) is 0 Å². The van der Waals surface area contributed by atoms with Crippen molar-refractivity contribution in [3.05, 3.63) is 81.3 Å². The average Bonchev–Trinajstić information content (AvgIpc) is 3.02. The molecule has 0 aromatic heterocycles. The molecule has 1 nitrogen and oxygen atoms in total. The smallest absolute Gasteiger partial charge is 0.162 e. The summed E-state index contributed by atoms with van der Waals surface area (Å²) in [5.41, 5.74) is 9.70. The zero-order valence-corrected chi connectivity index (χ0v) is 19.2. The third-order valence-electron chi connectivity index (χ3n) is 6.69. The van der Waals surface area contributed by atoms with Crippen LogP contribution < -0.4 is 0 Å². The second-order valence-electron chi connectivity index (χ2n) is 7.99. The van der Waals surface area contributed by atoms with Crippen LogP contribution in [0.5, 0.6) is 0 Å². The quantitative estimate of drug-likeness (QED) is 0.361. The van der Waals surface area contributed by atoms with Crippen LogP contribution in [0.3, 0.4) is 0 Å². The van der Waals surface area contributed by atoms with Gasteiger partial charge in [0.2, 0.25) is 0 Å². The van der Waals surface area contributed by atoms with E-state index in [0.717, 1.165) is 28.4 Å². The van der Waals surface area contributed by atoms with E-state index >= 15 is 0 Å². The van der Waals surface area contributed by atoms with Gasteiger partial charge in [-0.25, -0.2) is 0 Å². The Labute approximate surface area is 182 Å². The van der Waals surface area contributed by atoms with Gasteiger partial charge in [0.15, 0.2) is 5.78 Å². The van der Waals surface area contributed by atoms with Crippen LogP contribution in [0, 0.1) is 6.92 Å². The number of carbonyl (C=O) groups excluding carboxylic acids is 1. The number of benzene rings is 3. The van der Waals surface area contributed by atoms with E-state index in [4.69, 9.17) is 0 Å². The van der Waals surface area contributed by atoms with E-state index in [1.807, 2.05) is 6.92 Å². The van der Waals surface area contributed by atoms with Crippen molar-refractivity contribution >= 4 is 21.7 Å². The molecule has 0 atom stereocenters. The molecule has 0 saturated carbocycles. The Hall–Kier alpha value is -2.19. The molecular formula is C27H27BrO. The molecule has 0 spiro atoms. The summed E-state index contributed by atoms with van der Waals surface area (Å²) in [6.45, 7) is 8.57. The standard InChI is InChI=1S/C27H27BrO/c1-5-24(29)20-16-22-21(15-17(20)4)19-13-14-23(28)25(18-11-9-8-10-12-18)26(19)27(22,6-2)7-3/h8-16H,5-7H2,1-4H3. The molecule has 0 N–H and O–H groups in total. The maximum absolute atomic E-state index is 12.6. The number of halogens is 1. The van der Waals surface area contributed by atoms with Crippen LogP contribution >= 0.6 is 15.9 Å². The molecule has 2 heteroatoms. The summed E-state index contributed by atoms with van der Waals surface area (Å²) in [4.78, 5) is 12.6. The number of carbonyl (C=O) groups is 1. The fourth-order valence-electron chi connectivity index (χ4n) is 5.12. The second kappa shape index (κ2) is 7.57. The SMILES string of the molecule is CCC(=O)c1cc2c(cc1C)-c1ccc(Br)c(-c3ccccc3)c1C2(CC)CC. The summed E-state index contributed by atoms with van der Waals surface area (Å²) in [6.07, 6.45) is 2.55. The van der Waals surface area contributed by atoms with Crippen LogP contribution in [0.1, 0.15) is 67.1 Å². The lowest BCUT2D eigenvalue weighted by Crippen LogP contribution is -2.24. The van der Waals surface area contributed by atoms with Gasteiger partial charge in [0.25, 0.3) is 0 Å². The molecule has 0 unspecified atom stereocenters.